The molecule has 0 spiro atoms. The molecule has 0 saturated carbocycles. The maximum atomic E-state index is 11.0. The van der Waals surface area contributed by atoms with E-state index >= 15 is 0 Å². The number of cyclic esters (lactones) is 4. The zero-order valence-electron chi connectivity index (χ0n) is 9.96. The molecule has 6 heteroatoms. The second kappa shape index (κ2) is 4.29. The first-order chi connectivity index (χ1) is 7.20. The van der Waals surface area contributed by atoms with Gasteiger partial charge in [0.05, 0.1) is 0 Å². The van der Waals surface area contributed by atoms with E-state index in [-0.39, 0.29) is 13.2 Å². The van der Waals surface area contributed by atoms with E-state index in [0.717, 1.165) is 0 Å². The summed E-state index contributed by atoms with van der Waals surface area (Å²) in [6.07, 6.45) is -2.08. The van der Waals surface area contributed by atoms with Crippen LogP contribution in [0.3, 0.4) is 0 Å². The highest BCUT2D eigenvalue weighted by Crippen LogP contribution is 2.14. The third-order valence-electron chi connectivity index (χ3n) is 1.95. The zero-order chi connectivity index (χ0) is 12.4. The summed E-state index contributed by atoms with van der Waals surface area (Å²) in [5.41, 5.74) is -0.849. The lowest BCUT2D eigenvalue weighted by Gasteiger charge is -2.36. The zero-order valence-corrected chi connectivity index (χ0v) is 9.96. The minimum atomic E-state index is -1.04. The van der Waals surface area contributed by atoms with Gasteiger partial charge >= 0.3 is 12.3 Å². The third-order valence-corrected chi connectivity index (χ3v) is 1.95. The lowest BCUT2D eigenvalue weighted by Crippen LogP contribution is -2.57. The quantitative estimate of drug-likeness (QED) is 0.502. The number of rotatable bonds is 0. The van der Waals surface area contributed by atoms with Gasteiger partial charge in [0.1, 0.15) is 13.2 Å². The molecule has 0 atom stereocenters. The van der Waals surface area contributed by atoms with Crippen LogP contribution in [0.4, 0.5) is 9.59 Å². The second-order valence-corrected chi connectivity index (χ2v) is 5.07. The molecule has 1 aliphatic heterocycles. The fourth-order valence-corrected chi connectivity index (χ4v) is 1.59. The monoisotopic (exact) mass is 231 g/mol. The van der Waals surface area contributed by atoms with Gasteiger partial charge in [-0.3, -0.25) is 0 Å². The van der Waals surface area contributed by atoms with E-state index in [4.69, 9.17) is 9.47 Å². The predicted molar refractivity (Wildman–Crippen MR) is 55.1 cm³/mol. The van der Waals surface area contributed by atoms with Crippen molar-refractivity contribution in [3.63, 3.8) is 0 Å². The maximum Gasteiger partial charge on any atom is 0.518 e. The van der Waals surface area contributed by atoms with E-state index in [0.29, 0.717) is 0 Å². The number of carbonyl (C=O) groups is 2. The van der Waals surface area contributed by atoms with Gasteiger partial charge in [-0.25, -0.2) is 9.59 Å². The molecule has 92 valence electrons. The van der Waals surface area contributed by atoms with Crippen LogP contribution < -0.4 is 5.32 Å². The van der Waals surface area contributed by atoms with Crippen LogP contribution in [0.25, 0.3) is 0 Å². The molecule has 0 aromatic rings. The Kier molecular flexibility index (Phi) is 3.42. The van der Waals surface area contributed by atoms with Crippen LogP contribution in [0, 0.1) is 0 Å². The Morgan fingerprint density at radius 2 is 1.31 bits per heavy atom. The summed E-state index contributed by atoms with van der Waals surface area (Å²) in [6.45, 7) is 7.75. The average Bonchev–Trinajstić information content (AvgIpc) is 2.09. The highest BCUT2D eigenvalue weighted by Gasteiger charge is 2.32. The van der Waals surface area contributed by atoms with Gasteiger partial charge in [0.2, 0.25) is 0 Å². The molecule has 0 radical (unpaired) electrons. The second-order valence-electron chi connectivity index (χ2n) is 5.07. The van der Waals surface area contributed by atoms with Gasteiger partial charge in [0.25, 0.3) is 0 Å². The first-order valence-electron chi connectivity index (χ1n) is 5.01. The summed E-state index contributed by atoms with van der Waals surface area (Å²) in [7, 11) is 0. The molecule has 0 aromatic carbocycles. The molecule has 6 nitrogen and oxygen atoms in total. The highest BCUT2D eigenvalue weighted by molar-refractivity contribution is 5.76. The molecular weight excluding hydrogens is 214 g/mol. The molecule has 1 fully saturated rings. The van der Waals surface area contributed by atoms with E-state index in [9.17, 15) is 9.59 Å². The van der Waals surface area contributed by atoms with Crippen LogP contribution in [0.1, 0.15) is 27.7 Å². The topological polar surface area (TPSA) is 73.9 Å². The van der Waals surface area contributed by atoms with Crippen LogP contribution >= 0.6 is 0 Å². The third kappa shape index (κ3) is 4.06. The van der Waals surface area contributed by atoms with Gasteiger partial charge < -0.3 is 19.5 Å². The summed E-state index contributed by atoms with van der Waals surface area (Å²) in [5, 5.41) is 3.23. The van der Waals surface area contributed by atoms with Crippen molar-refractivity contribution in [3.8, 4) is 0 Å². The molecule has 0 amide bonds. The highest BCUT2D eigenvalue weighted by atomic mass is 16.8. The van der Waals surface area contributed by atoms with Crippen molar-refractivity contribution in [3.05, 3.63) is 0 Å². The first kappa shape index (κ1) is 12.8. The van der Waals surface area contributed by atoms with Crippen molar-refractivity contribution in [2.75, 3.05) is 13.2 Å². The van der Waals surface area contributed by atoms with Crippen LogP contribution in [0.5, 0.6) is 0 Å². The fourth-order valence-electron chi connectivity index (χ4n) is 1.59. The molecule has 1 rings (SSSR count). The Balaban J connectivity index is 2.75. The average molecular weight is 231 g/mol. The molecule has 1 aliphatic rings. The first-order valence-corrected chi connectivity index (χ1v) is 5.01. The predicted octanol–water partition coefficient (Wildman–Crippen LogP) is 1.44. The van der Waals surface area contributed by atoms with E-state index < -0.39 is 23.4 Å². The Morgan fingerprint density at radius 1 is 0.938 bits per heavy atom. The minimum Gasteiger partial charge on any atom is -0.432 e. The molecule has 0 unspecified atom stereocenters. The molecule has 1 heterocycles. The smallest absolute Gasteiger partial charge is 0.432 e. The Morgan fingerprint density at radius 3 is 1.69 bits per heavy atom. The summed E-state index contributed by atoms with van der Waals surface area (Å²) < 4.78 is 13.8. The molecule has 0 aliphatic carbocycles. The van der Waals surface area contributed by atoms with Crippen molar-refractivity contribution < 1.29 is 23.8 Å². The lowest BCUT2D eigenvalue weighted by atomic mass is 9.99. The van der Waals surface area contributed by atoms with Crippen LogP contribution in [-0.4, -0.2) is 36.6 Å². The summed E-state index contributed by atoms with van der Waals surface area (Å²) in [4.78, 5) is 22.0. The number of nitrogens with one attached hydrogen (secondary N) is 1. The number of hydrogen-bond donors (Lipinski definition) is 1. The minimum absolute atomic E-state index is 0.114. The molecular formula is C10H17NO5. The van der Waals surface area contributed by atoms with Gasteiger partial charge in [-0.1, -0.05) is 0 Å². The maximum absolute atomic E-state index is 11.0. The van der Waals surface area contributed by atoms with E-state index in [2.05, 4.69) is 10.1 Å². The van der Waals surface area contributed by atoms with E-state index in [1.165, 1.54) is 0 Å². The largest absolute Gasteiger partial charge is 0.518 e. The molecule has 0 aromatic heterocycles. The van der Waals surface area contributed by atoms with Gasteiger partial charge in [-0.15, -0.1) is 0 Å². The summed E-state index contributed by atoms with van der Waals surface area (Å²) >= 11 is 0. The van der Waals surface area contributed by atoms with Crippen molar-refractivity contribution in [2.24, 2.45) is 0 Å². The van der Waals surface area contributed by atoms with Crippen LogP contribution in [0.15, 0.2) is 0 Å². The van der Waals surface area contributed by atoms with Crippen molar-refractivity contribution in [2.45, 2.75) is 38.8 Å². The summed E-state index contributed by atoms with van der Waals surface area (Å²) in [5.74, 6) is 0. The summed E-state index contributed by atoms with van der Waals surface area (Å²) in [6, 6.07) is 0. The standard InChI is InChI=1S/C10H17NO5/c1-9(2)5-14-7(12)16-8(13)15-6-10(3,4)11-9/h11H,5-6H2,1-4H3. The van der Waals surface area contributed by atoms with Crippen molar-refractivity contribution >= 4 is 12.3 Å². The molecule has 1 N–H and O–H groups in total. The van der Waals surface area contributed by atoms with Gasteiger partial charge in [0, 0.05) is 11.1 Å². The Hall–Kier alpha value is -1.30. The lowest BCUT2D eigenvalue weighted by molar-refractivity contribution is -0.00251. The fraction of sp³-hybridized carbons (Fsp3) is 0.800. The number of ether oxygens (including phenoxy) is 3. The van der Waals surface area contributed by atoms with E-state index in [1.54, 1.807) is 0 Å². The van der Waals surface area contributed by atoms with Crippen molar-refractivity contribution in [1.29, 1.82) is 0 Å². The normalized spacial score (nSPS) is 25.0. The van der Waals surface area contributed by atoms with E-state index in [1.807, 2.05) is 27.7 Å². The van der Waals surface area contributed by atoms with Gasteiger partial charge in [0.15, 0.2) is 0 Å². The van der Waals surface area contributed by atoms with Crippen LogP contribution in [-0.2, 0) is 14.2 Å². The van der Waals surface area contributed by atoms with Gasteiger partial charge in [-0.2, -0.15) is 0 Å². The Bertz CT molecular complexity index is 270. The number of hydrogen-bond acceptors (Lipinski definition) is 6. The SMILES string of the molecule is CC1(C)COC(=O)OC(=O)OCC(C)(C)N1. The van der Waals surface area contributed by atoms with Crippen LogP contribution in [0.2, 0.25) is 0 Å². The Labute approximate surface area is 94.2 Å². The number of carbonyl (C=O) groups excluding carboxylic acids is 2. The molecule has 0 bridgehead atoms. The van der Waals surface area contributed by atoms with Crippen molar-refractivity contribution in [1.82, 2.24) is 5.32 Å². The van der Waals surface area contributed by atoms with Gasteiger partial charge in [-0.05, 0) is 27.7 Å². The molecule has 16 heavy (non-hydrogen) atoms. The molecule has 1 saturated heterocycles.